The van der Waals surface area contributed by atoms with Crippen molar-refractivity contribution in [3.63, 3.8) is 0 Å². The van der Waals surface area contributed by atoms with Crippen molar-refractivity contribution in [2.24, 2.45) is 0 Å². The molecule has 2 rings (SSSR count). The summed E-state index contributed by atoms with van der Waals surface area (Å²) in [4.78, 5) is 16.0. The van der Waals surface area contributed by atoms with Gasteiger partial charge in [0.1, 0.15) is 6.61 Å². The van der Waals surface area contributed by atoms with Gasteiger partial charge in [-0.05, 0) is 18.6 Å². The molecule has 0 spiro atoms. The predicted octanol–water partition coefficient (Wildman–Crippen LogP) is 0.442. The maximum atomic E-state index is 12.1. The predicted molar refractivity (Wildman–Crippen MR) is 77.4 cm³/mol. The Morgan fingerprint density at radius 3 is 3.10 bits per heavy atom. The molecule has 1 amide bonds. The summed E-state index contributed by atoms with van der Waals surface area (Å²) in [5.74, 6) is 5.04. The first kappa shape index (κ1) is 14.8. The second-order valence-electron chi connectivity index (χ2n) is 4.26. The zero-order valence-corrected chi connectivity index (χ0v) is 11.5. The van der Waals surface area contributed by atoms with Gasteiger partial charge < -0.3 is 10.4 Å². The Hall–Kier alpha value is -2.65. The van der Waals surface area contributed by atoms with Gasteiger partial charge in [-0.3, -0.25) is 14.5 Å². The van der Waals surface area contributed by atoms with Crippen LogP contribution >= 0.6 is 0 Å². The molecule has 2 N–H and O–H groups in total. The average molecular weight is 284 g/mol. The van der Waals surface area contributed by atoms with Crippen molar-refractivity contribution in [1.29, 1.82) is 0 Å². The van der Waals surface area contributed by atoms with E-state index in [1.807, 2.05) is 16.9 Å². The van der Waals surface area contributed by atoms with Crippen molar-refractivity contribution < 1.29 is 9.90 Å². The van der Waals surface area contributed by atoms with Crippen LogP contribution in [-0.4, -0.2) is 38.9 Å². The fourth-order valence-corrected chi connectivity index (χ4v) is 1.80. The van der Waals surface area contributed by atoms with Gasteiger partial charge in [0.2, 0.25) is 0 Å². The highest BCUT2D eigenvalue weighted by Crippen LogP contribution is 2.05. The van der Waals surface area contributed by atoms with Crippen LogP contribution in [0.3, 0.4) is 0 Å². The maximum Gasteiger partial charge on any atom is 0.252 e. The third-order valence-corrected chi connectivity index (χ3v) is 2.78. The van der Waals surface area contributed by atoms with E-state index in [0.717, 1.165) is 13.0 Å². The number of aryl methyl sites for hydroxylation is 1. The summed E-state index contributed by atoms with van der Waals surface area (Å²) in [7, 11) is 0. The Balaban J connectivity index is 1.88. The highest BCUT2D eigenvalue weighted by Gasteiger charge is 2.09. The quantitative estimate of drug-likeness (QED) is 0.617. The van der Waals surface area contributed by atoms with Gasteiger partial charge in [0.25, 0.3) is 5.91 Å². The van der Waals surface area contributed by atoms with Crippen LogP contribution in [0.1, 0.15) is 22.3 Å². The normalized spacial score (nSPS) is 9.76. The number of aliphatic hydroxyl groups excluding tert-OH is 1. The van der Waals surface area contributed by atoms with E-state index in [4.69, 9.17) is 5.11 Å². The van der Waals surface area contributed by atoms with Gasteiger partial charge >= 0.3 is 0 Å². The molecule has 0 saturated carbocycles. The Morgan fingerprint density at radius 2 is 2.33 bits per heavy atom. The largest absolute Gasteiger partial charge is 0.384 e. The first-order valence-corrected chi connectivity index (χ1v) is 6.60. The summed E-state index contributed by atoms with van der Waals surface area (Å²) in [6, 6.07) is 3.48. The molecule has 2 aromatic heterocycles. The summed E-state index contributed by atoms with van der Waals surface area (Å²) < 4.78 is 1.82. The highest BCUT2D eigenvalue weighted by molar-refractivity contribution is 5.96. The number of hydrogen-bond acceptors (Lipinski definition) is 4. The van der Waals surface area contributed by atoms with Crippen LogP contribution in [0.15, 0.2) is 36.9 Å². The number of carbonyl (C=O) groups is 1. The lowest BCUT2D eigenvalue weighted by atomic mass is 10.1. The SMILES string of the molecule is O=C(NCCCn1cccn1)c1ccncc1C#CCO. The molecule has 0 fully saturated rings. The van der Waals surface area contributed by atoms with E-state index in [1.54, 1.807) is 18.5 Å². The van der Waals surface area contributed by atoms with Crippen molar-refractivity contribution in [3.8, 4) is 11.8 Å². The third kappa shape index (κ3) is 4.44. The molecule has 0 aliphatic carbocycles. The van der Waals surface area contributed by atoms with Gasteiger partial charge in [-0.15, -0.1) is 0 Å². The molecule has 21 heavy (non-hydrogen) atoms. The summed E-state index contributed by atoms with van der Waals surface area (Å²) in [5.41, 5.74) is 0.973. The van der Waals surface area contributed by atoms with Crippen molar-refractivity contribution in [2.75, 3.05) is 13.2 Å². The molecule has 0 atom stereocenters. The molecule has 6 nitrogen and oxygen atoms in total. The molecule has 0 aliphatic heterocycles. The van der Waals surface area contributed by atoms with Gasteiger partial charge in [0.15, 0.2) is 0 Å². The molecule has 0 aromatic carbocycles. The van der Waals surface area contributed by atoms with Gasteiger partial charge in [-0.25, -0.2) is 0 Å². The zero-order chi connectivity index (χ0) is 14.9. The van der Waals surface area contributed by atoms with Crippen molar-refractivity contribution in [3.05, 3.63) is 48.0 Å². The van der Waals surface area contributed by atoms with Gasteiger partial charge in [0.05, 0.1) is 11.1 Å². The monoisotopic (exact) mass is 284 g/mol. The van der Waals surface area contributed by atoms with E-state index in [1.165, 1.54) is 6.20 Å². The fourth-order valence-electron chi connectivity index (χ4n) is 1.80. The molecule has 6 heteroatoms. The molecule has 2 heterocycles. The number of rotatable bonds is 5. The minimum atomic E-state index is -0.250. The number of pyridine rings is 1. The van der Waals surface area contributed by atoms with Gasteiger partial charge in [-0.2, -0.15) is 5.10 Å². The van der Waals surface area contributed by atoms with Crippen molar-refractivity contribution >= 4 is 5.91 Å². The summed E-state index contributed by atoms with van der Waals surface area (Å²) >= 11 is 0. The molecule has 2 aromatic rings. The van der Waals surface area contributed by atoms with E-state index < -0.39 is 0 Å². The second-order valence-corrected chi connectivity index (χ2v) is 4.26. The van der Waals surface area contributed by atoms with E-state index in [2.05, 4.69) is 27.2 Å². The number of aromatic nitrogens is 3. The number of aliphatic hydroxyl groups is 1. The Kier molecular flexibility index (Phi) is 5.50. The first-order chi connectivity index (χ1) is 10.3. The lowest BCUT2D eigenvalue weighted by Crippen LogP contribution is -2.26. The first-order valence-electron chi connectivity index (χ1n) is 6.60. The van der Waals surface area contributed by atoms with Crippen LogP contribution in [0.2, 0.25) is 0 Å². The average Bonchev–Trinajstić information content (AvgIpc) is 3.03. The molecule has 108 valence electrons. The fraction of sp³-hybridized carbons (Fsp3) is 0.267. The number of carbonyl (C=O) groups excluding carboxylic acids is 1. The number of hydrogen-bond donors (Lipinski definition) is 2. The lowest BCUT2D eigenvalue weighted by Gasteiger charge is -2.07. The van der Waals surface area contributed by atoms with Crippen LogP contribution in [0.5, 0.6) is 0 Å². The Labute approximate surface area is 122 Å². The van der Waals surface area contributed by atoms with E-state index in [0.29, 0.717) is 17.7 Å². The minimum absolute atomic E-state index is 0.194. The molecular formula is C15H16N4O2. The minimum Gasteiger partial charge on any atom is -0.384 e. The Morgan fingerprint density at radius 1 is 1.43 bits per heavy atom. The number of nitrogens with zero attached hydrogens (tertiary/aromatic N) is 3. The van der Waals surface area contributed by atoms with Crippen LogP contribution in [0, 0.1) is 11.8 Å². The van der Waals surface area contributed by atoms with E-state index in [9.17, 15) is 4.79 Å². The summed E-state index contributed by atoms with van der Waals surface area (Å²) in [6.07, 6.45) is 7.45. The third-order valence-electron chi connectivity index (χ3n) is 2.78. The molecular weight excluding hydrogens is 268 g/mol. The zero-order valence-electron chi connectivity index (χ0n) is 11.5. The number of amides is 1. The summed E-state index contributed by atoms with van der Waals surface area (Å²) in [6.45, 7) is 1.05. The molecule has 0 unspecified atom stereocenters. The molecule has 0 radical (unpaired) electrons. The molecule has 0 bridgehead atoms. The standard InChI is InChI=1S/C15H16N4O2/c20-11-1-4-13-12-16-8-5-14(13)15(21)17-6-2-9-19-10-3-7-18-19/h3,5,7-8,10,12,20H,2,6,9,11H2,(H,17,21). The topological polar surface area (TPSA) is 80.0 Å². The smallest absolute Gasteiger partial charge is 0.252 e. The number of nitrogens with one attached hydrogen (secondary N) is 1. The Bertz CT molecular complexity index is 641. The van der Waals surface area contributed by atoms with E-state index >= 15 is 0 Å². The molecule has 0 aliphatic rings. The van der Waals surface area contributed by atoms with Crippen LogP contribution < -0.4 is 5.32 Å². The van der Waals surface area contributed by atoms with Crippen LogP contribution in [0.25, 0.3) is 0 Å². The lowest BCUT2D eigenvalue weighted by molar-refractivity contribution is 0.0952. The van der Waals surface area contributed by atoms with Crippen molar-refractivity contribution in [1.82, 2.24) is 20.1 Å². The maximum absolute atomic E-state index is 12.1. The van der Waals surface area contributed by atoms with E-state index in [-0.39, 0.29) is 12.5 Å². The second kappa shape index (κ2) is 7.82. The van der Waals surface area contributed by atoms with Gasteiger partial charge in [0, 0.05) is 37.9 Å². The van der Waals surface area contributed by atoms with Crippen LogP contribution in [0.4, 0.5) is 0 Å². The molecule has 0 saturated heterocycles. The van der Waals surface area contributed by atoms with Crippen molar-refractivity contribution in [2.45, 2.75) is 13.0 Å². The summed E-state index contributed by atoms with van der Waals surface area (Å²) in [5, 5.41) is 15.7. The van der Waals surface area contributed by atoms with Crippen LogP contribution in [-0.2, 0) is 6.54 Å². The van der Waals surface area contributed by atoms with Gasteiger partial charge in [-0.1, -0.05) is 11.8 Å². The highest BCUT2D eigenvalue weighted by atomic mass is 16.2.